The van der Waals surface area contributed by atoms with Gasteiger partial charge in [-0.15, -0.1) is 0 Å². The van der Waals surface area contributed by atoms with E-state index in [-0.39, 0.29) is 0 Å². The molecule has 0 atom stereocenters. The van der Waals surface area contributed by atoms with E-state index in [1.807, 2.05) is 54.6 Å². The molecule has 0 radical (unpaired) electrons. The predicted molar refractivity (Wildman–Crippen MR) is 109 cm³/mol. The number of benzene rings is 3. The summed E-state index contributed by atoms with van der Waals surface area (Å²) < 4.78 is 31.3. The zero-order valence-corrected chi connectivity index (χ0v) is 16.5. The molecular weight excluding hydrogens is 375 g/mol. The van der Waals surface area contributed by atoms with Crippen molar-refractivity contribution in [2.75, 3.05) is 0 Å². The van der Waals surface area contributed by atoms with Crippen LogP contribution < -0.4 is 13.6 Å². The molecule has 144 valence electrons. The fourth-order valence-electron chi connectivity index (χ4n) is 2.72. The average Bonchev–Trinajstić information content (AvgIpc) is 2.94. The van der Waals surface area contributed by atoms with Gasteiger partial charge in [0, 0.05) is 0 Å². The molecule has 0 aliphatic carbocycles. The molecule has 1 aliphatic heterocycles. The van der Waals surface area contributed by atoms with Gasteiger partial charge in [0.2, 0.25) is 0 Å². The Morgan fingerprint density at radius 2 is 0.786 bits per heavy atom. The Morgan fingerprint density at radius 3 is 1.07 bits per heavy atom. The third-order valence-electron chi connectivity index (χ3n) is 4.06. The van der Waals surface area contributed by atoms with E-state index >= 15 is 0 Å². The molecule has 1 aliphatic rings. The van der Waals surface area contributed by atoms with Gasteiger partial charge in [0.05, 0.1) is 0 Å². The predicted octanol–water partition coefficient (Wildman–Crippen LogP) is 6.65. The first kappa shape index (κ1) is 18.2. The van der Waals surface area contributed by atoms with Gasteiger partial charge in [-0.05, 0) is 0 Å². The van der Waals surface area contributed by atoms with Gasteiger partial charge in [0.25, 0.3) is 0 Å². The van der Waals surface area contributed by atoms with Crippen LogP contribution in [0.1, 0.15) is 13.8 Å². The van der Waals surface area contributed by atoms with Crippen molar-refractivity contribution in [1.82, 2.24) is 0 Å². The first-order valence-corrected chi connectivity index (χ1v) is 10.7. The number of allylic oxidation sites excluding steroid dienone is 2. The number of para-hydroxylation sites is 3. The van der Waals surface area contributed by atoms with E-state index in [4.69, 9.17) is 22.6 Å². The molecule has 0 saturated carbocycles. The van der Waals surface area contributed by atoms with Crippen molar-refractivity contribution in [3.05, 3.63) is 103 Å². The quantitative estimate of drug-likeness (QED) is 0.437. The Balaban J connectivity index is 1.83. The summed E-state index contributed by atoms with van der Waals surface area (Å²) in [5, 5.41) is 0. The van der Waals surface area contributed by atoms with Crippen LogP contribution in [0, 0.1) is 0 Å². The first-order chi connectivity index (χ1) is 13.6. The summed E-state index contributed by atoms with van der Waals surface area (Å²) >= 11 is 0. The molecule has 3 aromatic carbocycles. The zero-order chi connectivity index (χ0) is 19.5. The van der Waals surface area contributed by atoms with Gasteiger partial charge in [0.1, 0.15) is 0 Å². The van der Waals surface area contributed by atoms with Crippen LogP contribution in [0.15, 0.2) is 103 Å². The Labute approximate surface area is 164 Å². The van der Waals surface area contributed by atoms with Crippen molar-refractivity contribution in [2.24, 2.45) is 0 Å². The minimum absolute atomic E-state index is 0.509. The third kappa shape index (κ3) is 3.62. The van der Waals surface area contributed by atoms with Crippen LogP contribution in [0.25, 0.3) is 0 Å². The summed E-state index contributed by atoms with van der Waals surface area (Å²) in [6, 6.07) is 27.6. The second kappa shape index (κ2) is 7.10. The molecule has 5 nitrogen and oxygen atoms in total. The Hall–Kier alpha value is -3.17. The fourth-order valence-corrected chi connectivity index (χ4v) is 5.64. The summed E-state index contributed by atoms with van der Waals surface area (Å²) in [5.41, 5.74) is 0. The second-order valence-electron chi connectivity index (χ2n) is 6.25. The van der Waals surface area contributed by atoms with Gasteiger partial charge in [-0.1, -0.05) is 0 Å². The fraction of sp³-hybridized carbons (Fsp3) is 0.0909. The van der Waals surface area contributed by atoms with Crippen LogP contribution in [0.5, 0.6) is 17.2 Å². The molecule has 28 heavy (non-hydrogen) atoms. The Bertz CT molecular complexity index is 851. The van der Waals surface area contributed by atoms with Crippen LogP contribution >= 0.6 is 7.74 Å². The van der Waals surface area contributed by atoms with Gasteiger partial charge >= 0.3 is 164 Å². The van der Waals surface area contributed by atoms with Crippen LogP contribution in [-0.4, -0.2) is 0 Å². The van der Waals surface area contributed by atoms with Crippen molar-refractivity contribution in [2.45, 2.75) is 13.8 Å². The second-order valence-corrected chi connectivity index (χ2v) is 8.66. The molecule has 1 heterocycles. The van der Waals surface area contributed by atoms with Gasteiger partial charge in [-0.25, -0.2) is 0 Å². The van der Waals surface area contributed by atoms with E-state index in [2.05, 4.69) is 0 Å². The van der Waals surface area contributed by atoms with Crippen LogP contribution in [0.4, 0.5) is 0 Å². The molecule has 0 spiro atoms. The zero-order valence-electron chi connectivity index (χ0n) is 15.6. The van der Waals surface area contributed by atoms with Crippen LogP contribution in [0.2, 0.25) is 0 Å². The third-order valence-corrected chi connectivity index (χ3v) is 6.73. The van der Waals surface area contributed by atoms with Gasteiger partial charge < -0.3 is 0 Å². The van der Waals surface area contributed by atoms with Crippen molar-refractivity contribution < 1.29 is 22.6 Å². The van der Waals surface area contributed by atoms with E-state index < -0.39 is 7.74 Å². The maximum atomic E-state index is 6.30. The number of rotatable bonds is 6. The Morgan fingerprint density at radius 1 is 0.500 bits per heavy atom. The monoisotopic (exact) mass is 396 g/mol. The van der Waals surface area contributed by atoms with Crippen molar-refractivity contribution in [3.8, 4) is 17.2 Å². The van der Waals surface area contributed by atoms with Gasteiger partial charge in [0.15, 0.2) is 0 Å². The molecule has 0 saturated heterocycles. The molecule has 3 aromatic rings. The molecule has 0 aromatic heterocycles. The van der Waals surface area contributed by atoms with Crippen molar-refractivity contribution in [3.63, 3.8) is 0 Å². The summed E-state index contributed by atoms with van der Waals surface area (Å²) in [4.78, 5) is 0. The van der Waals surface area contributed by atoms with Gasteiger partial charge in [-0.3, -0.25) is 0 Å². The maximum absolute atomic E-state index is 6.30. The Kier molecular flexibility index (Phi) is 4.62. The molecular formula is C22H21O5P. The van der Waals surface area contributed by atoms with E-state index in [1.165, 1.54) is 0 Å². The van der Waals surface area contributed by atoms with Crippen LogP contribution in [-0.2, 0) is 9.05 Å². The molecule has 0 unspecified atom stereocenters. The summed E-state index contributed by atoms with van der Waals surface area (Å²) in [6.07, 6.45) is 0. The van der Waals surface area contributed by atoms with E-state index in [9.17, 15) is 0 Å². The summed E-state index contributed by atoms with van der Waals surface area (Å²) in [7, 11) is -4.61. The molecule has 0 bridgehead atoms. The van der Waals surface area contributed by atoms with Crippen LogP contribution in [0.3, 0.4) is 0 Å². The summed E-state index contributed by atoms with van der Waals surface area (Å²) in [6.45, 7) is 3.58. The normalized spacial score (nSPS) is 18.1. The van der Waals surface area contributed by atoms with E-state index in [0.717, 1.165) is 0 Å². The topological polar surface area (TPSA) is 46.2 Å². The number of hydrogen-bond acceptors (Lipinski definition) is 5. The molecule has 0 fully saturated rings. The molecule has 4 rings (SSSR count). The van der Waals surface area contributed by atoms with E-state index in [0.29, 0.717) is 28.8 Å². The first-order valence-electron chi connectivity index (χ1n) is 8.92. The average molecular weight is 396 g/mol. The van der Waals surface area contributed by atoms with Gasteiger partial charge in [-0.2, -0.15) is 0 Å². The molecule has 0 amide bonds. The van der Waals surface area contributed by atoms with Crippen molar-refractivity contribution in [1.29, 1.82) is 0 Å². The summed E-state index contributed by atoms with van der Waals surface area (Å²) in [5.74, 6) is 2.61. The minimum atomic E-state index is -4.61. The standard InChI is InChI=1S/C22H21O5P/c1-18-19(2)24-28(23-18,25-20-12-6-3-7-13-20,26-21-14-8-4-9-15-21)27-22-16-10-5-11-17-22/h3-17H,1-2H3. The molecule has 0 N–H and O–H groups in total. The number of hydrogen-bond donors (Lipinski definition) is 0. The van der Waals surface area contributed by atoms with E-state index in [1.54, 1.807) is 50.2 Å². The van der Waals surface area contributed by atoms with Crippen molar-refractivity contribution >= 4 is 7.74 Å². The SMILES string of the molecule is CC1=C(C)OP(Oc2ccccc2)(Oc2ccccc2)(Oc2ccccc2)O1. The molecule has 6 heteroatoms.